The molecule has 1 aliphatic heterocycles. The molecule has 0 aromatic heterocycles. The number of carbonyl (C=O) groups excluding carboxylic acids is 4. The lowest BCUT2D eigenvalue weighted by atomic mass is 10.0. The first-order chi connectivity index (χ1) is 14.0. The van der Waals surface area contributed by atoms with Crippen LogP contribution in [0.25, 0.3) is 5.53 Å². The van der Waals surface area contributed by atoms with E-state index in [0.29, 0.717) is 0 Å². The first-order valence-corrected chi connectivity index (χ1v) is 9.01. The van der Waals surface area contributed by atoms with Gasteiger partial charge in [-0.05, 0) is 17.7 Å². The zero-order chi connectivity index (χ0) is 20.8. The third-order valence-electron chi connectivity index (χ3n) is 4.58. The number of carbonyl (C=O) groups is 4. The minimum Gasteiger partial charge on any atom is -0.361 e. The lowest BCUT2D eigenvalue weighted by molar-refractivity contribution is -0.125. The second kappa shape index (κ2) is 8.86. The lowest BCUT2D eigenvalue weighted by Gasteiger charge is -2.25. The van der Waals surface area contributed by atoms with Crippen LogP contribution >= 0.6 is 0 Å². The molecule has 0 saturated heterocycles. The van der Waals surface area contributed by atoms with Crippen molar-refractivity contribution in [1.29, 1.82) is 0 Å². The van der Waals surface area contributed by atoms with Crippen molar-refractivity contribution in [2.45, 2.75) is 18.9 Å². The van der Waals surface area contributed by atoms with Crippen molar-refractivity contribution in [2.75, 3.05) is 6.54 Å². The first kappa shape index (κ1) is 19.9. The van der Waals surface area contributed by atoms with Crippen LogP contribution in [0.5, 0.6) is 0 Å². The molecule has 1 N–H and O–H groups in total. The van der Waals surface area contributed by atoms with Crippen LogP contribution in [0.15, 0.2) is 54.6 Å². The van der Waals surface area contributed by atoms with Gasteiger partial charge in [0.05, 0.1) is 11.1 Å². The molecule has 1 unspecified atom stereocenters. The monoisotopic (exact) mass is 390 g/mol. The molecule has 1 aliphatic rings. The number of hydrogen-bond donors (Lipinski definition) is 1. The number of Topliss-reactive ketones (excluding diaryl/α,β-unsaturated/α-hetero) is 1. The van der Waals surface area contributed by atoms with E-state index >= 15 is 0 Å². The molecular weight excluding hydrogens is 372 g/mol. The summed E-state index contributed by atoms with van der Waals surface area (Å²) in [6.07, 6.45) is 0.817. The molecule has 0 fully saturated rings. The molecule has 3 amide bonds. The van der Waals surface area contributed by atoms with Gasteiger partial charge in [-0.15, -0.1) is 0 Å². The summed E-state index contributed by atoms with van der Waals surface area (Å²) in [5, 5.41) is 2.59. The Balaban J connectivity index is 1.83. The van der Waals surface area contributed by atoms with Gasteiger partial charge in [0.15, 0.2) is 0 Å². The third-order valence-corrected chi connectivity index (χ3v) is 4.58. The fourth-order valence-electron chi connectivity index (χ4n) is 3.19. The molecule has 0 bridgehead atoms. The number of benzene rings is 2. The van der Waals surface area contributed by atoms with Gasteiger partial charge in [-0.3, -0.25) is 24.1 Å². The average Bonchev–Trinajstić information content (AvgIpc) is 2.98. The minimum absolute atomic E-state index is 0.0157. The molecule has 8 nitrogen and oxygen atoms in total. The highest BCUT2D eigenvalue weighted by Gasteiger charge is 2.42. The predicted molar refractivity (Wildman–Crippen MR) is 103 cm³/mol. The van der Waals surface area contributed by atoms with Gasteiger partial charge >= 0.3 is 6.21 Å². The topological polar surface area (TPSA) is 120 Å². The lowest BCUT2D eigenvalue weighted by Crippen LogP contribution is -2.51. The van der Waals surface area contributed by atoms with Gasteiger partial charge in [0.25, 0.3) is 11.8 Å². The molecule has 2 aromatic rings. The number of fused-ring (bicyclic) bond motifs is 1. The molecule has 0 aliphatic carbocycles. The van der Waals surface area contributed by atoms with E-state index in [9.17, 15) is 19.2 Å². The SMILES string of the molecule is [N-]=[N+]=CC(=O)CCNC(=O)C(Cc1ccccc1)N1C(=O)c2ccccc2C1=O. The molecule has 0 radical (unpaired) electrons. The van der Waals surface area contributed by atoms with Crippen molar-refractivity contribution in [3.63, 3.8) is 0 Å². The van der Waals surface area contributed by atoms with E-state index in [2.05, 4.69) is 10.1 Å². The fraction of sp³-hybridized carbons (Fsp3) is 0.190. The highest BCUT2D eigenvalue weighted by molar-refractivity contribution is 6.25. The van der Waals surface area contributed by atoms with Gasteiger partial charge in [0.1, 0.15) is 6.04 Å². The van der Waals surface area contributed by atoms with E-state index in [1.165, 1.54) is 0 Å². The van der Waals surface area contributed by atoms with Gasteiger partial charge in [-0.25, -0.2) is 0 Å². The maximum atomic E-state index is 12.9. The van der Waals surface area contributed by atoms with Crippen LogP contribution in [-0.2, 0) is 16.0 Å². The molecule has 8 heteroatoms. The minimum atomic E-state index is -1.06. The molecule has 146 valence electrons. The van der Waals surface area contributed by atoms with Crippen molar-refractivity contribution in [2.24, 2.45) is 0 Å². The van der Waals surface area contributed by atoms with Gasteiger partial charge in [-0.1, -0.05) is 42.5 Å². The van der Waals surface area contributed by atoms with E-state index in [-0.39, 0.29) is 30.5 Å². The Hall–Kier alpha value is -3.90. The van der Waals surface area contributed by atoms with Crippen molar-refractivity contribution in [3.8, 4) is 0 Å². The Labute approximate surface area is 166 Å². The largest absolute Gasteiger partial charge is 0.361 e. The van der Waals surface area contributed by atoms with Gasteiger partial charge in [-0.2, -0.15) is 4.79 Å². The number of rotatable bonds is 8. The van der Waals surface area contributed by atoms with Crippen LogP contribution in [-0.4, -0.2) is 52.0 Å². The Kier molecular flexibility index (Phi) is 6.06. The summed E-state index contributed by atoms with van der Waals surface area (Å²) in [6.45, 7) is -0.0157. The summed E-state index contributed by atoms with van der Waals surface area (Å²) < 4.78 is 0. The summed E-state index contributed by atoms with van der Waals surface area (Å²) in [4.78, 5) is 53.6. The standard InChI is InChI=1S/C21H18N4O4/c22-24-13-15(26)10-11-23-19(27)18(12-14-6-2-1-3-7-14)25-20(28)16-8-4-5-9-17(16)21(25)29/h1-9,13,18H,10-12H2,(H,23,27). The molecule has 1 atom stereocenters. The summed E-state index contributed by atoms with van der Waals surface area (Å²) in [6, 6.07) is 14.4. The fourth-order valence-corrected chi connectivity index (χ4v) is 3.19. The van der Waals surface area contributed by atoms with Crippen LogP contribution in [0.1, 0.15) is 32.7 Å². The van der Waals surface area contributed by atoms with Gasteiger partial charge < -0.3 is 10.8 Å². The Morgan fingerprint density at radius 3 is 2.17 bits per heavy atom. The quantitative estimate of drug-likeness (QED) is 0.316. The molecule has 3 rings (SSSR count). The molecule has 2 aromatic carbocycles. The van der Waals surface area contributed by atoms with Crippen LogP contribution < -0.4 is 5.32 Å². The maximum Gasteiger partial charge on any atom is 0.323 e. The number of amides is 3. The molecule has 0 saturated carbocycles. The van der Waals surface area contributed by atoms with Crippen molar-refractivity contribution in [1.82, 2.24) is 10.2 Å². The van der Waals surface area contributed by atoms with E-state index < -0.39 is 29.5 Å². The van der Waals surface area contributed by atoms with Crippen molar-refractivity contribution < 1.29 is 24.0 Å². The summed E-state index contributed by atoms with van der Waals surface area (Å²) in [5.41, 5.74) is 9.67. The number of hydrogen-bond acceptors (Lipinski definition) is 4. The molecule has 0 spiro atoms. The summed E-state index contributed by atoms with van der Waals surface area (Å²) in [5.74, 6) is -2.06. The van der Waals surface area contributed by atoms with Gasteiger partial charge in [0.2, 0.25) is 11.7 Å². The highest BCUT2D eigenvalue weighted by Crippen LogP contribution is 2.26. The molecule has 29 heavy (non-hydrogen) atoms. The van der Waals surface area contributed by atoms with E-state index in [1.807, 2.05) is 6.07 Å². The van der Waals surface area contributed by atoms with Crippen LogP contribution in [0, 0.1) is 0 Å². The van der Waals surface area contributed by atoms with Gasteiger partial charge in [0, 0.05) is 19.4 Å². The Morgan fingerprint density at radius 2 is 1.59 bits per heavy atom. The number of ketones is 1. The van der Waals surface area contributed by atoms with E-state index in [0.717, 1.165) is 16.7 Å². The van der Waals surface area contributed by atoms with Crippen LogP contribution in [0.2, 0.25) is 0 Å². The zero-order valence-electron chi connectivity index (χ0n) is 15.4. The molecular formula is C21H18N4O4. The Morgan fingerprint density at radius 1 is 1.00 bits per heavy atom. The highest BCUT2D eigenvalue weighted by atomic mass is 16.2. The predicted octanol–water partition coefficient (Wildman–Crippen LogP) is 1.27. The third kappa shape index (κ3) is 4.34. The van der Waals surface area contributed by atoms with Crippen molar-refractivity contribution >= 4 is 29.7 Å². The summed E-state index contributed by atoms with van der Waals surface area (Å²) >= 11 is 0. The maximum absolute atomic E-state index is 12.9. The second-order valence-electron chi connectivity index (χ2n) is 6.48. The molecule has 1 heterocycles. The van der Waals surface area contributed by atoms with Crippen molar-refractivity contribution in [3.05, 3.63) is 76.8 Å². The van der Waals surface area contributed by atoms with E-state index in [1.54, 1.807) is 48.5 Å². The number of nitrogens with one attached hydrogen (secondary N) is 1. The van der Waals surface area contributed by atoms with Crippen LogP contribution in [0.4, 0.5) is 0 Å². The average molecular weight is 390 g/mol. The van der Waals surface area contributed by atoms with E-state index in [4.69, 9.17) is 5.53 Å². The first-order valence-electron chi connectivity index (χ1n) is 9.01. The summed E-state index contributed by atoms with van der Waals surface area (Å²) in [7, 11) is 0. The Bertz CT molecular complexity index is 977. The number of imide groups is 1. The van der Waals surface area contributed by atoms with Crippen LogP contribution in [0.3, 0.4) is 0 Å². The zero-order valence-corrected chi connectivity index (χ0v) is 15.4. The second-order valence-corrected chi connectivity index (χ2v) is 6.48. The smallest absolute Gasteiger partial charge is 0.323 e. The number of nitrogens with zero attached hydrogens (tertiary/aromatic N) is 3. The normalized spacial score (nSPS) is 13.4.